The van der Waals surface area contributed by atoms with E-state index >= 15 is 0 Å². The Hall–Kier alpha value is -2.37. The van der Waals surface area contributed by atoms with Crippen molar-refractivity contribution in [2.75, 3.05) is 18.5 Å². The number of benzene rings is 1. The van der Waals surface area contributed by atoms with Crippen LogP contribution in [-0.4, -0.2) is 36.5 Å². The SMILES string of the molecule is CCOC(=O)C1(C(=O)OCC)Nc2ccccc2C1=O. The van der Waals surface area contributed by atoms with Crippen LogP contribution in [0.3, 0.4) is 0 Å². The van der Waals surface area contributed by atoms with Crippen LogP contribution in [0.2, 0.25) is 0 Å². The summed E-state index contributed by atoms with van der Waals surface area (Å²) < 4.78 is 9.75. The molecular formula is C14H15NO5. The molecule has 1 N–H and O–H groups in total. The summed E-state index contributed by atoms with van der Waals surface area (Å²) in [6.45, 7) is 3.32. The Bertz CT molecular complexity index is 548. The number of carbonyl (C=O) groups is 3. The van der Waals surface area contributed by atoms with E-state index < -0.39 is 23.3 Å². The molecule has 0 radical (unpaired) electrons. The van der Waals surface area contributed by atoms with E-state index in [-0.39, 0.29) is 18.8 Å². The predicted molar refractivity (Wildman–Crippen MR) is 70.4 cm³/mol. The number of hydrogen-bond acceptors (Lipinski definition) is 6. The van der Waals surface area contributed by atoms with Crippen LogP contribution in [0.5, 0.6) is 0 Å². The molecule has 0 aliphatic carbocycles. The minimum atomic E-state index is -2.13. The number of nitrogens with one attached hydrogen (secondary N) is 1. The van der Waals surface area contributed by atoms with E-state index in [1.807, 2.05) is 0 Å². The van der Waals surface area contributed by atoms with Crippen molar-refractivity contribution in [3.8, 4) is 0 Å². The largest absolute Gasteiger partial charge is 0.463 e. The highest BCUT2D eigenvalue weighted by molar-refractivity contribution is 6.36. The number of Topliss-reactive ketones (excluding diaryl/α,β-unsaturated/α-hetero) is 1. The second kappa shape index (κ2) is 5.32. The number of rotatable bonds is 4. The van der Waals surface area contributed by atoms with Gasteiger partial charge in [0.1, 0.15) is 0 Å². The highest BCUT2D eigenvalue weighted by atomic mass is 16.6. The molecule has 0 saturated heterocycles. The third-order valence-corrected chi connectivity index (χ3v) is 3.00. The summed E-state index contributed by atoms with van der Waals surface area (Å²) in [5, 5.41) is 2.67. The molecule has 1 aliphatic rings. The van der Waals surface area contributed by atoms with Crippen molar-refractivity contribution < 1.29 is 23.9 Å². The van der Waals surface area contributed by atoms with Gasteiger partial charge in [-0.25, -0.2) is 9.59 Å². The van der Waals surface area contributed by atoms with Crippen LogP contribution in [0, 0.1) is 0 Å². The number of esters is 2. The molecule has 20 heavy (non-hydrogen) atoms. The van der Waals surface area contributed by atoms with Crippen LogP contribution in [0.4, 0.5) is 5.69 Å². The topological polar surface area (TPSA) is 81.7 Å². The quantitative estimate of drug-likeness (QED) is 0.657. The lowest BCUT2D eigenvalue weighted by molar-refractivity contribution is -0.159. The number of hydrogen-bond donors (Lipinski definition) is 1. The third-order valence-electron chi connectivity index (χ3n) is 3.00. The summed E-state index contributed by atoms with van der Waals surface area (Å²) in [6.07, 6.45) is 0. The maximum Gasteiger partial charge on any atom is 0.352 e. The van der Waals surface area contributed by atoms with E-state index in [0.29, 0.717) is 5.69 Å². The molecule has 6 heteroatoms. The van der Waals surface area contributed by atoms with Crippen molar-refractivity contribution in [3.05, 3.63) is 29.8 Å². The van der Waals surface area contributed by atoms with E-state index in [9.17, 15) is 14.4 Å². The van der Waals surface area contributed by atoms with Gasteiger partial charge in [-0.3, -0.25) is 4.79 Å². The van der Waals surface area contributed by atoms with Gasteiger partial charge in [-0.1, -0.05) is 12.1 Å². The molecule has 0 bridgehead atoms. The lowest BCUT2D eigenvalue weighted by Gasteiger charge is -2.23. The van der Waals surface area contributed by atoms with Gasteiger partial charge in [-0.15, -0.1) is 0 Å². The van der Waals surface area contributed by atoms with Crippen LogP contribution in [0.1, 0.15) is 24.2 Å². The summed E-state index contributed by atoms with van der Waals surface area (Å²) in [5.74, 6) is -2.54. The summed E-state index contributed by atoms with van der Waals surface area (Å²) in [4.78, 5) is 36.8. The van der Waals surface area contributed by atoms with Crippen LogP contribution < -0.4 is 5.32 Å². The van der Waals surface area contributed by atoms with E-state index in [1.54, 1.807) is 38.1 Å². The molecule has 0 unspecified atom stereocenters. The minimum absolute atomic E-state index is 0.0608. The maximum atomic E-state index is 12.5. The van der Waals surface area contributed by atoms with Crippen molar-refractivity contribution in [1.82, 2.24) is 0 Å². The zero-order valence-corrected chi connectivity index (χ0v) is 11.3. The van der Waals surface area contributed by atoms with Gasteiger partial charge in [0.15, 0.2) is 0 Å². The van der Waals surface area contributed by atoms with Gasteiger partial charge in [0.05, 0.1) is 13.2 Å². The maximum absolute atomic E-state index is 12.5. The Kier molecular flexibility index (Phi) is 3.74. The van der Waals surface area contributed by atoms with Gasteiger partial charge in [0.2, 0.25) is 5.78 Å². The van der Waals surface area contributed by atoms with Crippen molar-refractivity contribution in [2.45, 2.75) is 19.4 Å². The first-order valence-corrected chi connectivity index (χ1v) is 6.34. The Balaban J connectivity index is 2.48. The fourth-order valence-corrected chi connectivity index (χ4v) is 2.10. The summed E-state index contributed by atoms with van der Waals surface area (Å²) in [6, 6.07) is 6.52. The average molecular weight is 277 g/mol. The molecule has 2 rings (SSSR count). The fourth-order valence-electron chi connectivity index (χ4n) is 2.10. The van der Waals surface area contributed by atoms with E-state index in [2.05, 4.69) is 5.32 Å². The number of ether oxygens (including phenoxy) is 2. The lowest BCUT2D eigenvalue weighted by atomic mass is 9.93. The first-order chi connectivity index (χ1) is 9.57. The molecule has 1 aromatic rings. The molecule has 0 saturated carbocycles. The molecule has 1 aromatic carbocycles. The molecule has 0 spiro atoms. The number of para-hydroxylation sites is 1. The molecular weight excluding hydrogens is 262 g/mol. The van der Waals surface area contributed by atoms with Gasteiger partial charge in [-0.2, -0.15) is 0 Å². The van der Waals surface area contributed by atoms with Crippen molar-refractivity contribution in [2.24, 2.45) is 0 Å². The smallest absolute Gasteiger partial charge is 0.352 e. The highest BCUT2D eigenvalue weighted by Gasteiger charge is 2.60. The van der Waals surface area contributed by atoms with Gasteiger partial charge < -0.3 is 14.8 Å². The zero-order valence-electron chi connectivity index (χ0n) is 11.3. The number of fused-ring (bicyclic) bond motifs is 1. The van der Waals surface area contributed by atoms with Crippen molar-refractivity contribution in [1.29, 1.82) is 0 Å². The fraction of sp³-hybridized carbons (Fsp3) is 0.357. The van der Waals surface area contributed by atoms with Gasteiger partial charge >= 0.3 is 11.9 Å². The van der Waals surface area contributed by atoms with Crippen LogP contribution in [0.25, 0.3) is 0 Å². The molecule has 0 amide bonds. The van der Waals surface area contributed by atoms with Gasteiger partial charge in [-0.05, 0) is 26.0 Å². The van der Waals surface area contributed by atoms with Crippen molar-refractivity contribution >= 4 is 23.4 Å². The second-order valence-electron chi connectivity index (χ2n) is 4.19. The molecule has 1 heterocycles. The summed E-state index contributed by atoms with van der Waals surface area (Å²) in [7, 11) is 0. The molecule has 0 atom stereocenters. The highest BCUT2D eigenvalue weighted by Crippen LogP contribution is 2.34. The Labute approximate surface area is 116 Å². The second-order valence-corrected chi connectivity index (χ2v) is 4.19. The lowest BCUT2D eigenvalue weighted by Crippen LogP contribution is -2.57. The molecule has 1 aliphatic heterocycles. The number of carbonyl (C=O) groups excluding carboxylic acids is 3. The van der Waals surface area contributed by atoms with E-state index in [0.717, 1.165) is 0 Å². The van der Waals surface area contributed by atoms with Crippen molar-refractivity contribution in [3.63, 3.8) is 0 Å². The predicted octanol–water partition coefficient (Wildman–Crippen LogP) is 1.16. The summed E-state index contributed by atoms with van der Waals surface area (Å²) >= 11 is 0. The van der Waals surface area contributed by atoms with Crippen LogP contribution in [-0.2, 0) is 19.1 Å². The first kappa shape index (κ1) is 14.0. The van der Waals surface area contributed by atoms with Crippen LogP contribution >= 0.6 is 0 Å². The Morgan fingerprint density at radius 1 is 1.10 bits per heavy atom. The minimum Gasteiger partial charge on any atom is -0.463 e. The number of ketones is 1. The first-order valence-electron chi connectivity index (χ1n) is 6.34. The third kappa shape index (κ3) is 1.93. The normalized spacial score (nSPS) is 15.2. The zero-order chi connectivity index (χ0) is 14.8. The molecule has 106 valence electrons. The standard InChI is InChI=1S/C14H15NO5/c1-3-19-12(17)14(13(18)20-4-2)11(16)9-7-5-6-8-10(9)15-14/h5-8,15H,3-4H2,1-2H3. The van der Waals surface area contributed by atoms with Gasteiger partial charge in [0.25, 0.3) is 5.54 Å². The number of anilines is 1. The Morgan fingerprint density at radius 3 is 2.15 bits per heavy atom. The molecule has 6 nitrogen and oxygen atoms in total. The average Bonchev–Trinajstić information content (AvgIpc) is 2.74. The van der Waals surface area contributed by atoms with E-state index in [1.165, 1.54) is 0 Å². The summed E-state index contributed by atoms with van der Waals surface area (Å²) in [5.41, 5.74) is -1.44. The molecule has 0 fully saturated rings. The Morgan fingerprint density at radius 2 is 1.65 bits per heavy atom. The van der Waals surface area contributed by atoms with Crippen LogP contribution in [0.15, 0.2) is 24.3 Å². The monoisotopic (exact) mass is 277 g/mol. The van der Waals surface area contributed by atoms with Gasteiger partial charge in [0, 0.05) is 11.3 Å². The van der Waals surface area contributed by atoms with E-state index in [4.69, 9.17) is 9.47 Å². The molecule has 0 aromatic heterocycles.